The van der Waals surface area contributed by atoms with Crippen molar-refractivity contribution >= 4 is 5.91 Å². The average molecular weight is 207 g/mol. The summed E-state index contributed by atoms with van der Waals surface area (Å²) in [5.74, 6) is 0.0816. The molecule has 0 saturated carbocycles. The Hall–Kier alpha value is -1.31. The van der Waals surface area contributed by atoms with Crippen LogP contribution in [0.4, 0.5) is 0 Å². The molecule has 0 aromatic heterocycles. The highest BCUT2D eigenvalue weighted by Crippen LogP contribution is 2.07. The number of likely N-dealkylation sites (N-methyl/N-ethyl adjacent to an activating group) is 1. The normalized spacial score (nSPS) is 11.8. The van der Waals surface area contributed by atoms with Crippen molar-refractivity contribution in [2.24, 2.45) is 0 Å². The van der Waals surface area contributed by atoms with Crippen molar-refractivity contribution in [3.05, 3.63) is 36.5 Å². The molecule has 0 aliphatic carbocycles. The molecule has 0 unspecified atom stereocenters. The first-order valence-corrected chi connectivity index (χ1v) is 5.39. The topological polar surface area (TPSA) is 20.3 Å². The van der Waals surface area contributed by atoms with Crippen LogP contribution in [-0.4, -0.2) is 24.4 Å². The van der Waals surface area contributed by atoms with Crippen LogP contribution in [0.2, 0.25) is 0 Å². The molecule has 2 nitrogen and oxygen atoms in total. The minimum atomic E-state index is 0.0816. The van der Waals surface area contributed by atoms with Crippen LogP contribution in [0.5, 0.6) is 0 Å². The van der Waals surface area contributed by atoms with E-state index in [2.05, 4.69) is 19.6 Å². The zero-order chi connectivity index (χ0) is 11.7. The second-order valence-corrected chi connectivity index (χ2v) is 3.33. The molecule has 0 fully saturated rings. The molecular weight excluding hydrogens is 186 g/mol. The molecule has 0 N–H and O–H groups in total. The zero-order valence-electron chi connectivity index (χ0n) is 9.99. The number of rotatable bonds is 6. The van der Waals surface area contributed by atoms with Crippen LogP contribution in [0, 0.1) is 0 Å². The lowest BCUT2D eigenvalue weighted by Crippen LogP contribution is -2.27. The van der Waals surface area contributed by atoms with Gasteiger partial charge in [0.1, 0.15) is 0 Å². The molecule has 0 heterocycles. The number of carbonyl (C=O) groups excluding carboxylic acids is 1. The van der Waals surface area contributed by atoms with Gasteiger partial charge >= 0.3 is 0 Å². The molecule has 0 aromatic rings. The van der Waals surface area contributed by atoms with Gasteiger partial charge in [-0.2, -0.15) is 0 Å². The third-order valence-electron chi connectivity index (χ3n) is 2.15. The molecule has 0 radical (unpaired) electrons. The van der Waals surface area contributed by atoms with E-state index >= 15 is 0 Å². The highest BCUT2D eigenvalue weighted by atomic mass is 16.2. The van der Waals surface area contributed by atoms with E-state index in [-0.39, 0.29) is 5.91 Å². The van der Waals surface area contributed by atoms with Crippen molar-refractivity contribution in [1.29, 1.82) is 0 Å². The van der Waals surface area contributed by atoms with Gasteiger partial charge in [-0.3, -0.25) is 4.79 Å². The SMILES string of the molecule is C=C/C=C(\C/C=C\CC)C(=O)N(C)CC. The quantitative estimate of drug-likeness (QED) is 0.372. The summed E-state index contributed by atoms with van der Waals surface area (Å²) in [6.07, 6.45) is 9.22. The highest BCUT2D eigenvalue weighted by Gasteiger charge is 2.10. The second kappa shape index (κ2) is 8.04. The lowest BCUT2D eigenvalue weighted by Gasteiger charge is -2.15. The summed E-state index contributed by atoms with van der Waals surface area (Å²) in [7, 11) is 1.81. The fraction of sp³-hybridized carbons (Fsp3) is 0.462. The molecule has 0 aliphatic heterocycles. The predicted molar refractivity (Wildman–Crippen MR) is 65.6 cm³/mol. The van der Waals surface area contributed by atoms with E-state index in [9.17, 15) is 4.79 Å². The maximum atomic E-state index is 11.8. The van der Waals surface area contributed by atoms with Crippen molar-refractivity contribution in [3.8, 4) is 0 Å². The van der Waals surface area contributed by atoms with E-state index in [0.717, 1.165) is 18.5 Å². The average Bonchev–Trinajstić information content (AvgIpc) is 2.26. The van der Waals surface area contributed by atoms with Crippen LogP contribution in [0.1, 0.15) is 26.7 Å². The van der Waals surface area contributed by atoms with Gasteiger partial charge in [0.05, 0.1) is 0 Å². The fourth-order valence-corrected chi connectivity index (χ4v) is 1.13. The Balaban J connectivity index is 4.53. The molecule has 1 amide bonds. The van der Waals surface area contributed by atoms with Crippen molar-refractivity contribution in [2.45, 2.75) is 26.7 Å². The molecule has 0 saturated heterocycles. The van der Waals surface area contributed by atoms with Crippen LogP contribution in [-0.2, 0) is 4.79 Å². The number of allylic oxidation sites excluding steroid dienone is 4. The number of hydrogen-bond donors (Lipinski definition) is 0. The summed E-state index contributed by atoms with van der Waals surface area (Å²) in [6.45, 7) is 8.39. The van der Waals surface area contributed by atoms with E-state index in [1.807, 2.05) is 20.0 Å². The van der Waals surface area contributed by atoms with Crippen molar-refractivity contribution in [3.63, 3.8) is 0 Å². The maximum absolute atomic E-state index is 11.8. The standard InChI is InChI=1S/C13H21NO/c1-5-8-9-11-12(10-6-2)13(15)14(4)7-3/h6,8-10H,2,5,7,11H2,1,3-4H3/b9-8-,12-10+. The first-order valence-electron chi connectivity index (χ1n) is 5.39. The Morgan fingerprint density at radius 1 is 1.33 bits per heavy atom. The summed E-state index contributed by atoms with van der Waals surface area (Å²) < 4.78 is 0. The first kappa shape index (κ1) is 13.7. The summed E-state index contributed by atoms with van der Waals surface area (Å²) in [4.78, 5) is 13.5. The molecule has 0 bridgehead atoms. The molecule has 0 aromatic carbocycles. The molecule has 0 atom stereocenters. The third kappa shape index (κ3) is 5.21. The lowest BCUT2D eigenvalue weighted by molar-refractivity contribution is -0.125. The minimum absolute atomic E-state index is 0.0816. The van der Waals surface area contributed by atoms with Gasteiger partial charge in [-0.05, 0) is 19.8 Å². The van der Waals surface area contributed by atoms with Crippen LogP contribution in [0.15, 0.2) is 36.5 Å². The number of nitrogens with zero attached hydrogens (tertiary/aromatic N) is 1. The smallest absolute Gasteiger partial charge is 0.249 e. The number of hydrogen-bond acceptors (Lipinski definition) is 1. The van der Waals surface area contributed by atoms with Crippen molar-refractivity contribution < 1.29 is 4.79 Å². The molecule has 0 aliphatic rings. The number of amides is 1. The molecule has 0 spiro atoms. The fourth-order valence-electron chi connectivity index (χ4n) is 1.13. The van der Waals surface area contributed by atoms with Crippen molar-refractivity contribution in [1.82, 2.24) is 4.90 Å². The molecule has 2 heteroatoms. The van der Waals surface area contributed by atoms with Gasteiger partial charge in [-0.1, -0.05) is 37.8 Å². The third-order valence-corrected chi connectivity index (χ3v) is 2.15. The molecule has 84 valence electrons. The predicted octanol–water partition coefficient (Wildman–Crippen LogP) is 2.93. The van der Waals surface area contributed by atoms with Crippen LogP contribution in [0.25, 0.3) is 0 Å². The molecule has 15 heavy (non-hydrogen) atoms. The van der Waals surface area contributed by atoms with E-state index in [1.165, 1.54) is 0 Å². The van der Waals surface area contributed by atoms with E-state index < -0.39 is 0 Å². The van der Waals surface area contributed by atoms with Gasteiger partial charge in [0.25, 0.3) is 0 Å². The van der Waals surface area contributed by atoms with E-state index in [1.54, 1.807) is 17.1 Å². The summed E-state index contributed by atoms with van der Waals surface area (Å²) in [6, 6.07) is 0. The Labute approximate surface area is 93.0 Å². The Kier molecular flexibility index (Phi) is 7.33. The molecular formula is C13H21NO. The summed E-state index contributed by atoms with van der Waals surface area (Å²) in [5, 5.41) is 0. The van der Waals surface area contributed by atoms with E-state index in [0.29, 0.717) is 6.42 Å². The van der Waals surface area contributed by atoms with Crippen LogP contribution >= 0.6 is 0 Å². The van der Waals surface area contributed by atoms with Crippen LogP contribution in [0.3, 0.4) is 0 Å². The largest absolute Gasteiger partial charge is 0.342 e. The molecule has 0 rings (SSSR count). The lowest BCUT2D eigenvalue weighted by atomic mass is 10.1. The van der Waals surface area contributed by atoms with E-state index in [4.69, 9.17) is 0 Å². The number of carbonyl (C=O) groups is 1. The Morgan fingerprint density at radius 3 is 2.47 bits per heavy atom. The van der Waals surface area contributed by atoms with Gasteiger partial charge in [0, 0.05) is 19.2 Å². The summed E-state index contributed by atoms with van der Waals surface area (Å²) >= 11 is 0. The summed E-state index contributed by atoms with van der Waals surface area (Å²) in [5.41, 5.74) is 0.791. The minimum Gasteiger partial charge on any atom is -0.342 e. The van der Waals surface area contributed by atoms with Gasteiger partial charge in [0.15, 0.2) is 0 Å². The van der Waals surface area contributed by atoms with Gasteiger partial charge < -0.3 is 4.90 Å². The van der Waals surface area contributed by atoms with Crippen LogP contribution < -0.4 is 0 Å². The van der Waals surface area contributed by atoms with Gasteiger partial charge in [0.2, 0.25) is 5.91 Å². The Morgan fingerprint density at radius 2 is 2.00 bits per heavy atom. The van der Waals surface area contributed by atoms with Gasteiger partial charge in [-0.25, -0.2) is 0 Å². The zero-order valence-corrected chi connectivity index (χ0v) is 9.99. The van der Waals surface area contributed by atoms with Gasteiger partial charge in [-0.15, -0.1) is 0 Å². The van der Waals surface area contributed by atoms with Crippen molar-refractivity contribution in [2.75, 3.05) is 13.6 Å². The first-order chi connectivity index (χ1) is 7.17. The maximum Gasteiger partial charge on any atom is 0.249 e. The second-order valence-electron chi connectivity index (χ2n) is 3.33. The Bertz CT molecular complexity index is 264. The highest BCUT2D eigenvalue weighted by molar-refractivity contribution is 5.93. The monoisotopic (exact) mass is 207 g/mol.